The zero-order valence-electron chi connectivity index (χ0n) is 12.7. The monoisotopic (exact) mass is 282 g/mol. The Bertz CT molecular complexity index is 334. The van der Waals surface area contributed by atoms with E-state index in [-0.39, 0.29) is 5.97 Å². The number of unbranched alkanes of at least 4 members (excludes halogenated alkanes) is 2. The van der Waals surface area contributed by atoms with Crippen LogP contribution in [0.5, 0.6) is 0 Å². The summed E-state index contributed by atoms with van der Waals surface area (Å²) in [6.07, 6.45) is 6.70. The third-order valence-electron chi connectivity index (χ3n) is 3.39. The molecule has 0 N–H and O–H groups in total. The molecule has 20 heavy (non-hydrogen) atoms. The van der Waals surface area contributed by atoms with Crippen molar-refractivity contribution in [3.63, 3.8) is 0 Å². The Balaban J connectivity index is 2.30. The molecule has 1 aliphatic heterocycles. The molecule has 0 aliphatic carbocycles. The van der Waals surface area contributed by atoms with Gasteiger partial charge in [0.2, 0.25) is 0 Å². The molecule has 0 unspecified atom stereocenters. The summed E-state index contributed by atoms with van der Waals surface area (Å²) in [6.45, 7) is 3.42. The maximum Gasteiger partial charge on any atom is 0.305 e. The molecule has 4 heteroatoms. The second-order valence-electron chi connectivity index (χ2n) is 4.99. The van der Waals surface area contributed by atoms with E-state index in [0.717, 1.165) is 38.5 Å². The van der Waals surface area contributed by atoms with Gasteiger partial charge >= 0.3 is 5.97 Å². The van der Waals surface area contributed by atoms with E-state index in [2.05, 4.69) is 23.5 Å². The molecule has 0 aromatic heterocycles. The maximum absolute atomic E-state index is 11.1. The Morgan fingerprint density at radius 1 is 1.15 bits per heavy atom. The number of carbonyl (C=O) groups is 1. The van der Waals surface area contributed by atoms with Crippen LogP contribution in [0.15, 0.2) is 0 Å². The quantitative estimate of drug-likeness (QED) is 0.390. The lowest BCUT2D eigenvalue weighted by Crippen LogP contribution is -2.30. The minimum Gasteiger partial charge on any atom is -0.469 e. The highest BCUT2D eigenvalue weighted by Gasteiger charge is 2.35. The van der Waals surface area contributed by atoms with E-state index in [0.29, 0.717) is 19.6 Å². The lowest BCUT2D eigenvalue weighted by molar-refractivity contribution is -0.167. The van der Waals surface area contributed by atoms with Gasteiger partial charge in [-0.2, -0.15) is 0 Å². The third-order valence-corrected chi connectivity index (χ3v) is 3.39. The van der Waals surface area contributed by atoms with Crippen LogP contribution in [0.2, 0.25) is 0 Å². The van der Waals surface area contributed by atoms with Crippen LogP contribution >= 0.6 is 0 Å². The second kappa shape index (κ2) is 9.79. The Morgan fingerprint density at radius 3 is 2.50 bits per heavy atom. The van der Waals surface area contributed by atoms with Crippen LogP contribution in [0.3, 0.4) is 0 Å². The highest BCUT2D eigenvalue weighted by Crippen LogP contribution is 2.30. The fourth-order valence-electron chi connectivity index (χ4n) is 2.21. The summed E-state index contributed by atoms with van der Waals surface area (Å²) in [5.74, 6) is 5.64. The molecule has 114 valence electrons. The van der Waals surface area contributed by atoms with E-state index in [4.69, 9.17) is 9.47 Å². The fraction of sp³-hybridized carbons (Fsp3) is 0.812. The summed E-state index contributed by atoms with van der Waals surface area (Å²) in [6, 6.07) is 0. The number of rotatable bonds is 8. The van der Waals surface area contributed by atoms with E-state index in [1.165, 1.54) is 13.5 Å². The molecule has 1 aliphatic rings. The standard InChI is InChI=1S/C16H26O4/c1-3-4-5-6-7-8-11-16(19-13-14-20-16)12-9-10-15(17)18-2/h3-5,8-14H2,1-2H3. The van der Waals surface area contributed by atoms with Gasteiger partial charge in [-0.1, -0.05) is 13.3 Å². The van der Waals surface area contributed by atoms with Gasteiger partial charge in [0.15, 0.2) is 5.79 Å². The minimum atomic E-state index is -0.534. The number of ether oxygens (including phenoxy) is 3. The van der Waals surface area contributed by atoms with Gasteiger partial charge in [-0.15, -0.1) is 11.8 Å². The van der Waals surface area contributed by atoms with Crippen molar-refractivity contribution in [1.29, 1.82) is 0 Å². The first-order valence-electron chi connectivity index (χ1n) is 7.53. The molecule has 0 aromatic rings. The zero-order chi connectivity index (χ0) is 14.7. The van der Waals surface area contributed by atoms with E-state index in [1.807, 2.05) is 0 Å². The predicted molar refractivity (Wildman–Crippen MR) is 77.0 cm³/mol. The number of carbonyl (C=O) groups excluding carboxylic acids is 1. The summed E-state index contributed by atoms with van der Waals surface area (Å²) in [5.41, 5.74) is 0. The summed E-state index contributed by atoms with van der Waals surface area (Å²) in [5, 5.41) is 0. The van der Waals surface area contributed by atoms with Gasteiger partial charge in [0, 0.05) is 32.1 Å². The molecular formula is C16H26O4. The van der Waals surface area contributed by atoms with Gasteiger partial charge in [-0.05, 0) is 12.8 Å². The molecule has 1 rings (SSSR count). The molecule has 0 aromatic carbocycles. The van der Waals surface area contributed by atoms with Crippen LogP contribution in [-0.4, -0.2) is 32.1 Å². The Morgan fingerprint density at radius 2 is 1.85 bits per heavy atom. The van der Waals surface area contributed by atoms with Crippen LogP contribution < -0.4 is 0 Å². The van der Waals surface area contributed by atoms with Gasteiger partial charge in [0.05, 0.1) is 20.3 Å². The summed E-state index contributed by atoms with van der Waals surface area (Å²) >= 11 is 0. The topological polar surface area (TPSA) is 44.8 Å². The fourth-order valence-corrected chi connectivity index (χ4v) is 2.21. The van der Waals surface area contributed by atoms with E-state index in [1.54, 1.807) is 0 Å². The van der Waals surface area contributed by atoms with Gasteiger partial charge < -0.3 is 14.2 Å². The van der Waals surface area contributed by atoms with E-state index in [9.17, 15) is 4.79 Å². The van der Waals surface area contributed by atoms with Crippen LogP contribution in [-0.2, 0) is 19.0 Å². The lowest BCUT2D eigenvalue weighted by atomic mass is 10.0. The smallest absolute Gasteiger partial charge is 0.305 e. The molecule has 1 saturated heterocycles. The van der Waals surface area contributed by atoms with Gasteiger partial charge in [-0.3, -0.25) is 4.79 Å². The number of hydrogen-bond donors (Lipinski definition) is 0. The van der Waals surface area contributed by atoms with Crippen molar-refractivity contribution in [3.05, 3.63) is 0 Å². The van der Waals surface area contributed by atoms with Crippen molar-refractivity contribution < 1.29 is 19.0 Å². The molecule has 1 heterocycles. The SMILES string of the molecule is CCCCC#CCCC1(CCCC(=O)OC)OCCO1. The number of esters is 1. The molecule has 1 fully saturated rings. The van der Waals surface area contributed by atoms with Gasteiger partial charge in [0.25, 0.3) is 0 Å². The Hall–Kier alpha value is -1.05. The van der Waals surface area contributed by atoms with Crippen molar-refractivity contribution in [1.82, 2.24) is 0 Å². The minimum absolute atomic E-state index is 0.183. The van der Waals surface area contributed by atoms with Gasteiger partial charge in [-0.25, -0.2) is 0 Å². The summed E-state index contributed by atoms with van der Waals surface area (Å²) in [4.78, 5) is 11.1. The summed E-state index contributed by atoms with van der Waals surface area (Å²) in [7, 11) is 1.41. The molecule has 0 bridgehead atoms. The van der Waals surface area contributed by atoms with Gasteiger partial charge in [0.1, 0.15) is 0 Å². The maximum atomic E-state index is 11.1. The molecular weight excluding hydrogens is 256 g/mol. The molecule has 0 radical (unpaired) electrons. The molecule has 0 spiro atoms. The first-order chi connectivity index (χ1) is 9.72. The molecule has 0 atom stereocenters. The average molecular weight is 282 g/mol. The third kappa shape index (κ3) is 6.40. The predicted octanol–water partition coefficient (Wildman–Crippen LogP) is 3.05. The van der Waals surface area contributed by atoms with Crippen LogP contribution in [0.1, 0.15) is 58.3 Å². The van der Waals surface area contributed by atoms with Crippen molar-refractivity contribution in [2.45, 2.75) is 64.1 Å². The normalized spacial score (nSPS) is 16.5. The van der Waals surface area contributed by atoms with Crippen LogP contribution in [0.25, 0.3) is 0 Å². The lowest BCUT2D eigenvalue weighted by Gasteiger charge is -2.26. The Kier molecular flexibility index (Phi) is 8.32. The highest BCUT2D eigenvalue weighted by molar-refractivity contribution is 5.68. The zero-order valence-corrected chi connectivity index (χ0v) is 12.7. The summed E-state index contributed by atoms with van der Waals surface area (Å²) < 4.78 is 16.1. The molecule has 0 saturated carbocycles. The first-order valence-corrected chi connectivity index (χ1v) is 7.53. The number of methoxy groups -OCH3 is 1. The van der Waals surface area contributed by atoms with Crippen LogP contribution in [0, 0.1) is 11.8 Å². The van der Waals surface area contributed by atoms with Crippen molar-refractivity contribution in [2.75, 3.05) is 20.3 Å². The van der Waals surface area contributed by atoms with Crippen molar-refractivity contribution in [3.8, 4) is 11.8 Å². The van der Waals surface area contributed by atoms with Crippen LogP contribution in [0.4, 0.5) is 0 Å². The average Bonchev–Trinajstić information content (AvgIpc) is 2.91. The van der Waals surface area contributed by atoms with Crippen molar-refractivity contribution in [2.24, 2.45) is 0 Å². The Labute approximate surface area is 122 Å². The van der Waals surface area contributed by atoms with Crippen molar-refractivity contribution >= 4 is 5.97 Å². The molecule has 0 amide bonds. The largest absolute Gasteiger partial charge is 0.469 e. The second-order valence-corrected chi connectivity index (χ2v) is 4.99. The first kappa shape index (κ1) is 17.0. The molecule has 4 nitrogen and oxygen atoms in total. The van der Waals surface area contributed by atoms with E-state index < -0.39 is 5.79 Å². The highest BCUT2D eigenvalue weighted by atomic mass is 16.7. The van der Waals surface area contributed by atoms with E-state index >= 15 is 0 Å². The number of hydrogen-bond acceptors (Lipinski definition) is 4.